The standard InChI is InChI=1S/C19H17NO3S2/c21-17(20-7-5-19(6-8-20)10-12(19)18(22)23)15-9-14-16(25-15)11-3-1-2-4-13(11)24-14/h1-4,9,12H,5-8,10H2,(H,22,23). The Morgan fingerprint density at radius 2 is 1.88 bits per heavy atom. The van der Waals surface area contributed by atoms with Gasteiger partial charge in [0, 0.05) is 27.9 Å². The van der Waals surface area contributed by atoms with Gasteiger partial charge in [-0.25, -0.2) is 0 Å². The van der Waals surface area contributed by atoms with E-state index < -0.39 is 5.97 Å². The quantitative estimate of drug-likeness (QED) is 0.724. The van der Waals surface area contributed by atoms with Gasteiger partial charge in [0.2, 0.25) is 0 Å². The van der Waals surface area contributed by atoms with Crippen molar-refractivity contribution in [1.29, 1.82) is 0 Å². The molecule has 3 aromatic rings. The number of thiophene rings is 2. The second-order valence-corrected chi connectivity index (χ2v) is 9.29. The Morgan fingerprint density at radius 1 is 1.12 bits per heavy atom. The van der Waals surface area contributed by atoms with E-state index in [-0.39, 0.29) is 17.2 Å². The van der Waals surface area contributed by atoms with Crippen molar-refractivity contribution >= 4 is 54.0 Å². The van der Waals surface area contributed by atoms with E-state index in [1.165, 1.54) is 19.5 Å². The van der Waals surface area contributed by atoms with Crippen molar-refractivity contribution in [3.63, 3.8) is 0 Å². The molecule has 6 heteroatoms. The minimum atomic E-state index is -0.676. The fourth-order valence-electron chi connectivity index (χ4n) is 4.17. The monoisotopic (exact) mass is 371 g/mol. The third-order valence-corrected chi connectivity index (χ3v) is 8.20. The van der Waals surface area contributed by atoms with Gasteiger partial charge in [-0.1, -0.05) is 18.2 Å². The summed E-state index contributed by atoms with van der Waals surface area (Å²) in [6.07, 6.45) is 2.42. The third-order valence-electron chi connectivity index (χ3n) is 5.79. The molecule has 1 aliphatic carbocycles. The van der Waals surface area contributed by atoms with E-state index in [2.05, 4.69) is 12.1 Å². The topological polar surface area (TPSA) is 57.6 Å². The summed E-state index contributed by atoms with van der Waals surface area (Å²) in [6, 6.07) is 10.3. The number of hydrogen-bond donors (Lipinski definition) is 1. The van der Waals surface area contributed by atoms with E-state index in [0.717, 1.165) is 24.1 Å². The molecule has 1 N–H and O–H groups in total. The average molecular weight is 371 g/mol. The van der Waals surface area contributed by atoms with Crippen LogP contribution in [-0.2, 0) is 4.79 Å². The van der Waals surface area contributed by atoms with Gasteiger partial charge in [0.25, 0.3) is 5.91 Å². The highest BCUT2D eigenvalue weighted by molar-refractivity contribution is 7.33. The Balaban J connectivity index is 1.36. The number of nitrogens with zero attached hydrogens (tertiary/aromatic N) is 1. The lowest BCUT2D eigenvalue weighted by molar-refractivity contribution is -0.139. The van der Waals surface area contributed by atoms with E-state index >= 15 is 0 Å². The minimum Gasteiger partial charge on any atom is -0.481 e. The third kappa shape index (κ3) is 2.31. The van der Waals surface area contributed by atoms with Gasteiger partial charge in [0.1, 0.15) is 0 Å². The highest BCUT2D eigenvalue weighted by atomic mass is 32.1. The van der Waals surface area contributed by atoms with Crippen molar-refractivity contribution < 1.29 is 14.7 Å². The molecular weight excluding hydrogens is 354 g/mol. The number of fused-ring (bicyclic) bond motifs is 3. The molecule has 5 rings (SSSR count). The summed E-state index contributed by atoms with van der Waals surface area (Å²) in [5.41, 5.74) is -0.0331. The van der Waals surface area contributed by atoms with Crippen LogP contribution in [0.15, 0.2) is 30.3 Å². The van der Waals surface area contributed by atoms with E-state index in [4.69, 9.17) is 0 Å². The number of benzene rings is 1. The summed E-state index contributed by atoms with van der Waals surface area (Å²) in [5, 5.41) is 10.4. The molecule has 1 atom stereocenters. The minimum absolute atomic E-state index is 0.0331. The second kappa shape index (κ2) is 5.29. The van der Waals surface area contributed by atoms with Crippen LogP contribution in [0.2, 0.25) is 0 Å². The maximum Gasteiger partial charge on any atom is 0.307 e. The zero-order valence-corrected chi connectivity index (χ0v) is 15.2. The number of carbonyl (C=O) groups excluding carboxylic acids is 1. The second-order valence-electron chi connectivity index (χ2n) is 7.15. The molecule has 1 saturated heterocycles. The molecule has 0 radical (unpaired) electrons. The molecule has 4 nitrogen and oxygen atoms in total. The SMILES string of the molecule is O=C(O)C1CC12CCN(C(=O)c1cc3sc4ccccc4c3s1)CC2. The van der Waals surface area contributed by atoms with E-state index in [9.17, 15) is 14.7 Å². The van der Waals surface area contributed by atoms with Crippen LogP contribution in [-0.4, -0.2) is 35.0 Å². The number of piperidine rings is 1. The molecule has 1 amide bonds. The molecule has 128 valence electrons. The first-order chi connectivity index (χ1) is 12.1. The smallest absolute Gasteiger partial charge is 0.307 e. The van der Waals surface area contributed by atoms with Gasteiger partial charge in [-0.15, -0.1) is 22.7 Å². The lowest BCUT2D eigenvalue weighted by Gasteiger charge is -2.32. The number of carboxylic acids is 1. The van der Waals surface area contributed by atoms with Gasteiger partial charge in [-0.05, 0) is 36.8 Å². The van der Waals surface area contributed by atoms with Crippen LogP contribution in [0.4, 0.5) is 0 Å². The number of aliphatic carboxylic acids is 1. The largest absolute Gasteiger partial charge is 0.481 e. The molecule has 2 aromatic heterocycles. The Morgan fingerprint density at radius 3 is 2.60 bits per heavy atom. The number of likely N-dealkylation sites (tertiary alicyclic amines) is 1. The van der Waals surface area contributed by atoms with Crippen LogP contribution in [0.1, 0.15) is 28.9 Å². The van der Waals surface area contributed by atoms with Gasteiger partial charge in [0.05, 0.1) is 15.5 Å². The van der Waals surface area contributed by atoms with Gasteiger partial charge >= 0.3 is 5.97 Å². The van der Waals surface area contributed by atoms with Crippen LogP contribution in [0.25, 0.3) is 19.5 Å². The zero-order chi connectivity index (χ0) is 17.2. The van der Waals surface area contributed by atoms with Crippen molar-refractivity contribution in [2.45, 2.75) is 19.3 Å². The molecule has 0 bridgehead atoms. The molecule has 3 heterocycles. The predicted molar refractivity (Wildman–Crippen MR) is 101 cm³/mol. The number of carboxylic acid groups (broad SMARTS) is 1. The van der Waals surface area contributed by atoms with Crippen molar-refractivity contribution in [2.24, 2.45) is 11.3 Å². The number of amides is 1. The highest BCUT2D eigenvalue weighted by Crippen LogP contribution is 2.59. The molecule has 25 heavy (non-hydrogen) atoms. The van der Waals surface area contributed by atoms with E-state index in [1.807, 2.05) is 23.1 Å². The summed E-state index contributed by atoms with van der Waals surface area (Å²) < 4.78 is 3.64. The summed E-state index contributed by atoms with van der Waals surface area (Å²) in [7, 11) is 0. The Labute approximate surface area is 152 Å². The van der Waals surface area contributed by atoms with Crippen LogP contribution in [0.5, 0.6) is 0 Å². The average Bonchev–Trinajstić information content (AvgIpc) is 2.99. The Bertz CT molecular complexity index is 1010. The Hall–Kier alpha value is -1.92. The molecule has 1 aliphatic heterocycles. The predicted octanol–water partition coefficient (Wildman–Crippen LogP) is 4.44. The Kier molecular flexibility index (Phi) is 3.24. The number of carbonyl (C=O) groups is 2. The maximum atomic E-state index is 12.9. The van der Waals surface area contributed by atoms with E-state index in [0.29, 0.717) is 13.1 Å². The molecular formula is C19H17NO3S2. The molecule has 2 fully saturated rings. The van der Waals surface area contributed by atoms with Crippen LogP contribution >= 0.6 is 22.7 Å². The number of hydrogen-bond acceptors (Lipinski definition) is 4. The summed E-state index contributed by atoms with van der Waals surface area (Å²) >= 11 is 3.32. The highest BCUT2D eigenvalue weighted by Gasteiger charge is 2.59. The van der Waals surface area contributed by atoms with Crippen LogP contribution in [0.3, 0.4) is 0 Å². The van der Waals surface area contributed by atoms with Gasteiger partial charge in [-0.3, -0.25) is 9.59 Å². The number of rotatable bonds is 2. The summed E-state index contributed by atoms with van der Waals surface area (Å²) in [5.74, 6) is -0.770. The van der Waals surface area contributed by atoms with Crippen molar-refractivity contribution in [2.75, 3.05) is 13.1 Å². The lowest BCUT2D eigenvalue weighted by atomic mass is 9.91. The molecule has 1 spiro atoms. The van der Waals surface area contributed by atoms with Crippen molar-refractivity contribution in [1.82, 2.24) is 4.90 Å². The normalized spacial score (nSPS) is 21.9. The first kappa shape index (κ1) is 15.3. The molecule has 1 aromatic carbocycles. The zero-order valence-electron chi connectivity index (χ0n) is 13.5. The van der Waals surface area contributed by atoms with Crippen LogP contribution < -0.4 is 0 Å². The first-order valence-electron chi connectivity index (χ1n) is 8.51. The van der Waals surface area contributed by atoms with Gasteiger partial charge in [-0.2, -0.15) is 0 Å². The van der Waals surface area contributed by atoms with Gasteiger partial charge in [0.15, 0.2) is 0 Å². The maximum absolute atomic E-state index is 12.9. The van der Waals surface area contributed by atoms with Crippen LogP contribution in [0, 0.1) is 11.3 Å². The molecule has 2 aliphatic rings. The summed E-state index contributed by atoms with van der Waals surface area (Å²) in [6.45, 7) is 1.35. The first-order valence-corrected chi connectivity index (χ1v) is 10.1. The summed E-state index contributed by atoms with van der Waals surface area (Å²) in [4.78, 5) is 26.7. The fraction of sp³-hybridized carbons (Fsp3) is 0.368. The van der Waals surface area contributed by atoms with Crippen molar-refractivity contribution in [3.05, 3.63) is 35.2 Å². The lowest BCUT2D eigenvalue weighted by Crippen LogP contribution is -2.39. The van der Waals surface area contributed by atoms with Gasteiger partial charge < -0.3 is 10.0 Å². The van der Waals surface area contributed by atoms with Crippen molar-refractivity contribution in [3.8, 4) is 0 Å². The van der Waals surface area contributed by atoms with E-state index in [1.54, 1.807) is 22.7 Å². The molecule has 1 saturated carbocycles. The molecule has 1 unspecified atom stereocenters. The fourth-order valence-corrected chi connectivity index (χ4v) is 6.66.